The molecule has 1 aromatic carbocycles. The lowest BCUT2D eigenvalue weighted by Gasteiger charge is -2.11. The lowest BCUT2D eigenvalue weighted by atomic mass is 10.2. The van der Waals surface area contributed by atoms with Gasteiger partial charge in [-0.25, -0.2) is 12.8 Å². The van der Waals surface area contributed by atoms with E-state index < -0.39 is 15.8 Å². The van der Waals surface area contributed by atoms with Crippen LogP contribution in [0, 0.1) is 19.7 Å². The summed E-state index contributed by atoms with van der Waals surface area (Å²) in [4.78, 5) is -0.188. The van der Waals surface area contributed by atoms with Crippen LogP contribution in [0.25, 0.3) is 0 Å². The van der Waals surface area contributed by atoms with Crippen LogP contribution in [-0.2, 0) is 10.0 Å². The number of rotatable bonds is 4. The van der Waals surface area contributed by atoms with Gasteiger partial charge in [-0.1, -0.05) is 17.4 Å². The van der Waals surface area contributed by atoms with E-state index in [0.29, 0.717) is 0 Å². The molecule has 0 radical (unpaired) electrons. The maximum absolute atomic E-state index is 13.2. The molecule has 112 valence electrons. The van der Waals surface area contributed by atoms with Gasteiger partial charge in [0.2, 0.25) is 0 Å². The predicted molar refractivity (Wildman–Crippen MR) is 79.1 cm³/mol. The Hall–Kier alpha value is -2.00. The van der Waals surface area contributed by atoms with Crippen molar-refractivity contribution in [3.8, 4) is 0 Å². The van der Waals surface area contributed by atoms with Gasteiger partial charge in [0.05, 0.1) is 5.69 Å². The van der Waals surface area contributed by atoms with Gasteiger partial charge in [-0.2, -0.15) is 0 Å². The van der Waals surface area contributed by atoms with Crippen LogP contribution in [-0.4, -0.2) is 18.6 Å². The first-order valence-electron chi connectivity index (χ1n) is 5.77. The summed E-state index contributed by atoms with van der Waals surface area (Å²) >= 11 is 4.80. The zero-order chi connectivity index (χ0) is 15.8. The highest BCUT2D eigenvalue weighted by molar-refractivity contribution is 7.92. The molecular formula is C12H12FN3O3S2. The first-order chi connectivity index (χ1) is 9.72. The number of aryl methyl sites for hydroxylation is 2. The van der Waals surface area contributed by atoms with Gasteiger partial charge in [0.1, 0.15) is 16.5 Å². The highest BCUT2D eigenvalue weighted by Crippen LogP contribution is 2.24. The molecule has 0 unspecified atom stereocenters. The monoisotopic (exact) mass is 329 g/mol. The molecule has 0 aliphatic heterocycles. The molecule has 6 nitrogen and oxygen atoms in total. The lowest BCUT2D eigenvalue weighted by Crippen LogP contribution is -2.19. The van der Waals surface area contributed by atoms with Gasteiger partial charge in [-0.15, -0.1) is 0 Å². The number of nitrogens with two attached hydrogens (primary N) is 1. The summed E-state index contributed by atoms with van der Waals surface area (Å²) in [6.45, 7) is 2.98. The fourth-order valence-corrected chi connectivity index (χ4v) is 3.44. The molecule has 1 heterocycles. The summed E-state index contributed by atoms with van der Waals surface area (Å²) in [5.41, 5.74) is 5.89. The van der Waals surface area contributed by atoms with Gasteiger partial charge in [0.15, 0.2) is 10.7 Å². The molecule has 0 saturated heterocycles. The van der Waals surface area contributed by atoms with Crippen LogP contribution in [0.3, 0.4) is 0 Å². The molecule has 2 rings (SSSR count). The molecule has 0 atom stereocenters. The third-order valence-corrected chi connectivity index (χ3v) is 4.56. The highest BCUT2D eigenvalue weighted by Gasteiger charge is 2.25. The number of halogens is 1. The SMILES string of the molecule is Cc1noc(C)c1S(=O)(=O)Nc1ccc(F)cc1C(N)=S. The Balaban J connectivity index is 2.50. The van der Waals surface area contributed by atoms with Gasteiger partial charge in [0, 0.05) is 5.56 Å². The van der Waals surface area contributed by atoms with Gasteiger partial charge >= 0.3 is 0 Å². The average Bonchev–Trinajstić information content (AvgIpc) is 2.71. The Kier molecular flexibility index (Phi) is 3.97. The lowest BCUT2D eigenvalue weighted by molar-refractivity contribution is 0.390. The number of aromatic nitrogens is 1. The Morgan fingerprint density at radius 1 is 1.43 bits per heavy atom. The fraction of sp³-hybridized carbons (Fsp3) is 0.167. The Morgan fingerprint density at radius 3 is 2.62 bits per heavy atom. The smallest absolute Gasteiger partial charge is 0.267 e. The van der Waals surface area contributed by atoms with Gasteiger partial charge in [0.25, 0.3) is 10.0 Å². The van der Waals surface area contributed by atoms with E-state index in [9.17, 15) is 12.8 Å². The second-order valence-corrected chi connectivity index (χ2v) is 6.37. The summed E-state index contributed by atoms with van der Waals surface area (Å²) in [6.07, 6.45) is 0. The van der Waals surface area contributed by atoms with Crippen molar-refractivity contribution in [2.24, 2.45) is 5.73 Å². The van der Waals surface area contributed by atoms with Crippen LogP contribution in [0.15, 0.2) is 27.6 Å². The van der Waals surface area contributed by atoms with E-state index >= 15 is 0 Å². The maximum Gasteiger partial charge on any atom is 0.267 e. The van der Waals surface area contributed by atoms with Crippen molar-refractivity contribution in [3.63, 3.8) is 0 Å². The molecule has 0 amide bonds. The topological polar surface area (TPSA) is 98.2 Å². The van der Waals surface area contributed by atoms with Gasteiger partial charge < -0.3 is 10.3 Å². The van der Waals surface area contributed by atoms with E-state index in [1.165, 1.54) is 19.9 Å². The Labute approximate surface area is 126 Å². The molecule has 0 aliphatic carbocycles. The molecule has 0 aliphatic rings. The molecule has 1 aromatic heterocycles. The number of nitrogens with one attached hydrogen (secondary N) is 1. The van der Waals surface area contributed by atoms with Crippen LogP contribution in [0.1, 0.15) is 17.0 Å². The van der Waals surface area contributed by atoms with Crippen LogP contribution in [0.4, 0.5) is 10.1 Å². The third-order valence-electron chi connectivity index (χ3n) is 2.73. The molecule has 0 spiro atoms. The molecule has 3 N–H and O–H groups in total. The molecule has 0 saturated carbocycles. The van der Waals surface area contributed by atoms with E-state index in [1.54, 1.807) is 0 Å². The first kappa shape index (κ1) is 15.4. The van der Waals surface area contributed by atoms with Crippen LogP contribution in [0.5, 0.6) is 0 Å². The fourth-order valence-electron chi connectivity index (χ4n) is 1.86. The van der Waals surface area contributed by atoms with Crippen molar-refractivity contribution in [3.05, 3.63) is 41.0 Å². The van der Waals surface area contributed by atoms with E-state index in [-0.39, 0.29) is 32.6 Å². The quantitative estimate of drug-likeness (QED) is 0.831. The van der Waals surface area contributed by atoms with E-state index in [0.717, 1.165) is 12.1 Å². The number of benzene rings is 1. The molecular weight excluding hydrogens is 317 g/mol. The summed E-state index contributed by atoms with van der Waals surface area (Å²) in [6, 6.07) is 3.42. The Morgan fingerprint density at radius 2 is 2.10 bits per heavy atom. The van der Waals surface area contributed by atoms with E-state index in [1.807, 2.05) is 0 Å². The zero-order valence-corrected chi connectivity index (χ0v) is 12.8. The van der Waals surface area contributed by atoms with Crippen molar-refractivity contribution < 1.29 is 17.3 Å². The van der Waals surface area contributed by atoms with Gasteiger partial charge in [-0.3, -0.25) is 4.72 Å². The number of nitrogens with zero attached hydrogens (tertiary/aromatic N) is 1. The summed E-state index contributed by atoms with van der Waals surface area (Å²) in [5.74, 6) is -0.419. The number of sulfonamides is 1. The van der Waals surface area contributed by atoms with Crippen molar-refractivity contribution in [2.75, 3.05) is 4.72 Å². The number of hydrogen-bond acceptors (Lipinski definition) is 5. The maximum atomic E-state index is 13.2. The minimum Gasteiger partial charge on any atom is -0.389 e. The summed E-state index contributed by atoms with van der Waals surface area (Å²) < 4.78 is 45.1. The van der Waals surface area contributed by atoms with E-state index in [4.69, 9.17) is 22.5 Å². The second-order valence-electron chi connectivity index (χ2n) is 4.31. The molecule has 2 aromatic rings. The van der Waals surface area contributed by atoms with Crippen LogP contribution < -0.4 is 10.5 Å². The second kappa shape index (κ2) is 5.41. The minimum atomic E-state index is -3.94. The molecule has 9 heteroatoms. The highest BCUT2D eigenvalue weighted by atomic mass is 32.2. The standard InChI is InChI=1S/C12H12FN3O3S2/c1-6-11(7(2)19-15-6)21(17,18)16-10-4-3-8(13)5-9(10)12(14)20/h3-5,16H,1-2H3,(H2,14,20). The van der Waals surface area contributed by atoms with Crippen molar-refractivity contribution in [1.29, 1.82) is 0 Å². The van der Waals surface area contributed by atoms with Crippen LogP contribution >= 0.6 is 12.2 Å². The molecule has 0 fully saturated rings. The summed E-state index contributed by atoms with van der Waals surface area (Å²) in [7, 11) is -3.94. The van der Waals surface area contributed by atoms with Crippen molar-refractivity contribution >= 4 is 32.9 Å². The van der Waals surface area contributed by atoms with Crippen molar-refractivity contribution in [1.82, 2.24) is 5.16 Å². The van der Waals surface area contributed by atoms with Crippen molar-refractivity contribution in [2.45, 2.75) is 18.7 Å². The summed E-state index contributed by atoms with van der Waals surface area (Å²) in [5, 5.41) is 3.59. The predicted octanol–water partition coefficient (Wildman–Crippen LogP) is 1.87. The largest absolute Gasteiger partial charge is 0.389 e. The molecule has 0 bridgehead atoms. The van der Waals surface area contributed by atoms with Gasteiger partial charge in [-0.05, 0) is 32.0 Å². The third kappa shape index (κ3) is 3.03. The van der Waals surface area contributed by atoms with E-state index in [2.05, 4.69) is 9.88 Å². The first-order valence-corrected chi connectivity index (χ1v) is 7.66. The normalized spacial score (nSPS) is 11.4. The Bertz CT molecular complexity index is 796. The number of thiocarbonyl (C=S) groups is 1. The van der Waals surface area contributed by atoms with Crippen LogP contribution in [0.2, 0.25) is 0 Å². The minimum absolute atomic E-state index is 0.0688. The number of hydrogen-bond donors (Lipinski definition) is 2. The molecule has 21 heavy (non-hydrogen) atoms. The number of anilines is 1. The zero-order valence-electron chi connectivity index (χ0n) is 11.2. The average molecular weight is 329 g/mol.